The number of amides is 1. The van der Waals surface area contributed by atoms with Crippen molar-refractivity contribution in [1.82, 2.24) is 5.32 Å². The van der Waals surface area contributed by atoms with Gasteiger partial charge in [0.2, 0.25) is 0 Å². The standard InChI is InChI=1S/C10H10N2O3.H2O/c1-7(13)6-11-10(14)8-4-2-3-5-9(8)12-15;/h2-5H,6H2,1H3,(H,11,14);1H2. The van der Waals surface area contributed by atoms with Gasteiger partial charge in [0.25, 0.3) is 11.6 Å². The number of rotatable bonds is 4. The normalized spacial score (nSPS) is 8.81. The van der Waals surface area contributed by atoms with Crippen LogP contribution in [0.15, 0.2) is 24.3 Å². The van der Waals surface area contributed by atoms with Gasteiger partial charge in [0.15, 0.2) is 0 Å². The van der Waals surface area contributed by atoms with Crippen LogP contribution in [-0.2, 0) is 4.79 Å². The Hall–Kier alpha value is -2.08. The summed E-state index contributed by atoms with van der Waals surface area (Å²) >= 11 is 0. The molecule has 0 radical (unpaired) electrons. The Morgan fingerprint density at radius 3 is 2.50 bits per heavy atom. The molecule has 0 heterocycles. The quantitative estimate of drug-likeness (QED) is 0.705. The van der Waals surface area contributed by atoms with Crippen LogP contribution >= 0.6 is 0 Å². The molecule has 0 aromatic heterocycles. The van der Waals surface area contributed by atoms with Crippen molar-refractivity contribution in [3.05, 3.63) is 34.7 Å². The van der Waals surface area contributed by atoms with E-state index in [-0.39, 0.29) is 29.1 Å². The van der Waals surface area contributed by atoms with Gasteiger partial charge in [0, 0.05) is 16.2 Å². The monoisotopic (exact) mass is 224 g/mol. The second kappa shape index (κ2) is 6.41. The average Bonchev–Trinajstić information content (AvgIpc) is 2.25. The average molecular weight is 224 g/mol. The molecule has 0 saturated carbocycles. The van der Waals surface area contributed by atoms with Gasteiger partial charge >= 0.3 is 0 Å². The minimum atomic E-state index is -0.441. The number of para-hydroxylation sites is 1. The van der Waals surface area contributed by atoms with Gasteiger partial charge < -0.3 is 10.8 Å². The molecule has 6 nitrogen and oxygen atoms in total. The molecule has 0 aliphatic rings. The van der Waals surface area contributed by atoms with Crippen molar-refractivity contribution in [2.24, 2.45) is 0 Å². The van der Waals surface area contributed by atoms with Gasteiger partial charge in [0.1, 0.15) is 11.3 Å². The van der Waals surface area contributed by atoms with Crippen LogP contribution in [0.1, 0.15) is 17.3 Å². The molecule has 1 amide bonds. The Morgan fingerprint density at radius 1 is 1.31 bits per heavy atom. The predicted molar refractivity (Wildman–Crippen MR) is 55.4 cm³/mol. The molecule has 0 atom stereocenters. The zero-order valence-electron chi connectivity index (χ0n) is 8.69. The highest BCUT2D eigenvalue weighted by atomic mass is 16.3. The molecule has 1 rings (SSSR count). The Bertz CT molecular complexity index is 404. The highest BCUT2D eigenvalue weighted by Crippen LogP contribution is 2.07. The summed E-state index contributed by atoms with van der Waals surface area (Å²) in [7, 11) is 0. The first kappa shape index (κ1) is 13.9. The van der Waals surface area contributed by atoms with E-state index in [0.29, 0.717) is 0 Å². The maximum atomic E-state index is 11.5. The number of carbonyl (C=O) groups excluding carboxylic acids is 2. The molecule has 0 spiro atoms. The van der Waals surface area contributed by atoms with E-state index in [0.717, 1.165) is 0 Å². The van der Waals surface area contributed by atoms with Gasteiger partial charge in [-0.1, -0.05) is 12.1 Å². The van der Waals surface area contributed by atoms with Gasteiger partial charge in [-0.25, -0.2) is 0 Å². The molecular weight excluding hydrogens is 212 g/mol. The smallest absolute Gasteiger partial charge is 0.266 e. The Morgan fingerprint density at radius 2 is 1.94 bits per heavy atom. The summed E-state index contributed by atoms with van der Waals surface area (Å²) in [5.41, 5.74) is 0.423. The van der Waals surface area contributed by atoms with Crippen LogP contribution in [-0.4, -0.2) is 23.7 Å². The van der Waals surface area contributed by atoms with Crippen molar-refractivity contribution < 1.29 is 20.2 Å². The van der Waals surface area contributed by atoms with E-state index in [1.54, 1.807) is 17.3 Å². The lowest BCUT2D eigenvalue weighted by Crippen LogP contribution is -2.57. The van der Waals surface area contributed by atoms with Crippen molar-refractivity contribution in [3.63, 3.8) is 0 Å². The second-order valence-electron chi connectivity index (χ2n) is 3.03. The molecule has 1 aromatic carbocycles. The van der Waals surface area contributed by atoms with Crippen LogP contribution in [0.5, 0.6) is 0 Å². The first-order valence-corrected chi connectivity index (χ1v) is 4.40. The zero-order valence-corrected chi connectivity index (χ0v) is 8.69. The van der Waals surface area contributed by atoms with Gasteiger partial charge in [-0.3, -0.25) is 9.59 Å². The van der Waals surface area contributed by atoms with Crippen LogP contribution in [0, 0.1) is 4.91 Å². The third-order valence-electron chi connectivity index (χ3n) is 1.78. The number of nitroso groups, excluding NO2 is 1. The third-order valence-corrected chi connectivity index (χ3v) is 1.78. The number of nitrogens with one attached hydrogen (secondary N) is 2. The fourth-order valence-electron chi connectivity index (χ4n) is 1.07. The second-order valence-corrected chi connectivity index (χ2v) is 3.03. The molecule has 3 N–H and O–H groups in total. The molecule has 0 aliphatic carbocycles. The SMILES string of the molecule is CC(=O)CNC(=O)c1ccccc1[NH+]=O.[OH-]. The molecule has 0 fully saturated rings. The van der Waals surface area contributed by atoms with Crippen molar-refractivity contribution in [1.29, 1.82) is 0 Å². The summed E-state index contributed by atoms with van der Waals surface area (Å²) in [6, 6.07) is 6.29. The summed E-state index contributed by atoms with van der Waals surface area (Å²) < 4.78 is 0. The fourth-order valence-corrected chi connectivity index (χ4v) is 1.07. The van der Waals surface area contributed by atoms with E-state index < -0.39 is 5.91 Å². The lowest BCUT2D eigenvalue weighted by Gasteiger charge is -2.01. The van der Waals surface area contributed by atoms with E-state index in [1.807, 2.05) is 0 Å². The number of hydrogen-bond acceptors (Lipinski definition) is 4. The van der Waals surface area contributed by atoms with Gasteiger partial charge in [-0.05, 0) is 13.0 Å². The maximum Gasteiger partial charge on any atom is 0.266 e. The summed E-state index contributed by atoms with van der Waals surface area (Å²) in [5, 5.41) is 4.07. The van der Waals surface area contributed by atoms with Gasteiger partial charge in [0.05, 0.1) is 6.54 Å². The number of Topliss-reactive ketones (excluding diaryl/α,β-unsaturated/α-hetero) is 1. The summed E-state index contributed by atoms with van der Waals surface area (Å²) in [6.45, 7) is 1.34. The number of carbonyl (C=O) groups is 2. The number of benzene rings is 1. The minimum Gasteiger partial charge on any atom is -0.870 e. The van der Waals surface area contributed by atoms with E-state index in [2.05, 4.69) is 5.32 Å². The minimum absolute atomic E-state index is 0. The Kier molecular flexibility index (Phi) is 5.58. The van der Waals surface area contributed by atoms with E-state index in [1.165, 1.54) is 19.1 Å². The molecule has 1 aromatic rings. The van der Waals surface area contributed by atoms with Crippen LogP contribution in [0.2, 0.25) is 0 Å². The Balaban J connectivity index is 0.00000225. The highest BCUT2D eigenvalue weighted by Gasteiger charge is 2.15. The number of ketones is 1. The lowest BCUT2D eigenvalue weighted by molar-refractivity contribution is -0.379. The largest absolute Gasteiger partial charge is 0.870 e. The molecule has 0 bridgehead atoms. The van der Waals surface area contributed by atoms with Gasteiger partial charge in [-0.2, -0.15) is 0 Å². The molecule has 0 saturated heterocycles. The molecule has 86 valence electrons. The fraction of sp³-hybridized carbons (Fsp3) is 0.200. The Labute approximate surface area is 91.9 Å². The van der Waals surface area contributed by atoms with E-state index >= 15 is 0 Å². The molecule has 6 heteroatoms. The molecular formula is C10H12N2O4. The maximum absolute atomic E-state index is 11.5. The van der Waals surface area contributed by atoms with Crippen molar-refractivity contribution in [2.45, 2.75) is 6.92 Å². The van der Waals surface area contributed by atoms with Crippen LogP contribution in [0.25, 0.3) is 0 Å². The topological polar surface area (TPSA) is 107 Å². The zero-order chi connectivity index (χ0) is 11.3. The highest BCUT2D eigenvalue weighted by molar-refractivity contribution is 5.99. The van der Waals surface area contributed by atoms with E-state index in [9.17, 15) is 14.5 Å². The molecule has 0 aliphatic heterocycles. The summed E-state index contributed by atoms with van der Waals surface area (Å²) in [5.74, 6) is -0.583. The van der Waals surface area contributed by atoms with Crippen LogP contribution in [0.4, 0.5) is 5.69 Å². The van der Waals surface area contributed by atoms with E-state index in [4.69, 9.17) is 0 Å². The first-order valence-electron chi connectivity index (χ1n) is 4.40. The van der Waals surface area contributed by atoms with Crippen molar-refractivity contribution in [2.75, 3.05) is 6.54 Å². The number of hydrogen-bond donors (Lipinski definition) is 2. The summed E-state index contributed by atoms with van der Waals surface area (Å²) in [4.78, 5) is 32.6. The first-order chi connectivity index (χ1) is 7.15. The predicted octanol–water partition coefficient (Wildman–Crippen LogP) is -0.693. The van der Waals surface area contributed by atoms with Gasteiger partial charge in [-0.15, -0.1) is 0 Å². The molecule has 16 heavy (non-hydrogen) atoms. The molecule has 0 unspecified atom stereocenters. The summed E-state index contributed by atoms with van der Waals surface area (Å²) in [6.07, 6.45) is 0. The van der Waals surface area contributed by atoms with Crippen molar-refractivity contribution >= 4 is 17.4 Å². The van der Waals surface area contributed by atoms with Crippen LogP contribution < -0.4 is 10.5 Å². The lowest BCUT2D eigenvalue weighted by atomic mass is 10.1. The van der Waals surface area contributed by atoms with Crippen molar-refractivity contribution in [3.8, 4) is 0 Å². The third kappa shape index (κ3) is 3.58. The van der Waals surface area contributed by atoms with Crippen LogP contribution in [0.3, 0.4) is 0 Å².